The van der Waals surface area contributed by atoms with Gasteiger partial charge in [-0.1, -0.05) is 139 Å². The fourth-order valence-electron chi connectivity index (χ4n) is 6.17. The van der Waals surface area contributed by atoms with E-state index in [1.54, 1.807) is 0 Å². The van der Waals surface area contributed by atoms with Gasteiger partial charge in [-0.25, -0.2) is 15.0 Å². The lowest BCUT2D eigenvalue weighted by Gasteiger charge is -2.15. The van der Waals surface area contributed by atoms with Gasteiger partial charge in [0.2, 0.25) is 0 Å². The van der Waals surface area contributed by atoms with E-state index in [4.69, 9.17) is 15.0 Å². The summed E-state index contributed by atoms with van der Waals surface area (Å²) in [7, 11) is 0. The summed E-state index contributed by atoms with van der Waals surface area (Å²) in [5.74, 6) is 1.96. The standard InChI is InChI=1S/C43H31N3/c1-28-16-20-31(21-17-28)41-44-42(32-22-18-29(2)19-23-32)46-43(45-41)36-25-34(30-10-4-3-5-11-30)24-35(26-36)40-27-33-12-6-7-13-37(33)38-14-8-9-15-39(38)40/h3-27H,1-2H3. The van der Waals surface area contributed by atoms with E-state index in [-0.39, 0.29) is 0 Å². The highest BCUT2D eigenvalue weighted by molar-refractivity contribution is 6.14. The van der Waals surface area contributed by atoms with Crippen LogP contribution in [0.25, 0.3) is 78.0 Å². The van der Waals surface area contributed by atoms with Crippen LogP contribution in [0.2, 0.25) is 0 Å². The lowest BCUT2D eigenvalue weighted by molar-refractivity contribution is 1.07. The topological polar surface area (TPSA) is 38.7 Å². The Morgan fingerprint density at radius 3 is 1.43 bits per heavy atom. The minimum Gasteiger partial charge on any atom is -0.208 e. The number of rotatable bonds is 5. The zero-order valence-electron chi connectivity index (χ0n) is 25.8. The lowest BCUT2D eigenvalue weighted by atomic mass is 9.90. The van der Waals surface area contributed by atoms with E-state index < -0.39 is 0 Å². The quantitative estimate of drug-likeness (QED) is 0.187. The Balaban J connectivity index is 1.40. The van der Waals surface area contributed by atoms with E-state index in [9.17, 15) is 0 Å². The van der Waals surface area contributed by atoms with Crippen LogP contribution in [-0.2, 0) is 0 Å². The van der Waals surface area contributed by atoms with Crippen molar-refractivity contribution in [2.45, 2.75) is 13.8 Å². The molecule has 0 fully saturated rings. The Morgan fingerprint density at radius 2 is 0.804 bits per heavy atom. The van der Waals surface area contributed by atoms with Crippen molar-refractivity contribution < 1.29 is 0 Å². The van der Waals surface area contributed by atoms with Gasteiger partial charge in [-0.3, -0.25) is 0 Å². The van der Waals surface area contributed by atoms with Gasteiger partial charge >= 0.3 is 0 Å². The number of hydrogen-bond acceptors (Lipinski definition) is 3. The van der Waals surface area contributed by atoms with Crippen molar-refractivity contribution in [3.8, 4) is 56.4 Å². The van der Waals surface area contributed by atoms with Gasteiger partial charge in [0, 0.05) is 16.7 Å². The summed E-state index contributed by atoms with van der Waals surface area (Å²) >= 11 is 0. The van der Waals surface area contributed by atoms with Gasteiger partial charge in [-0.2, -0.15) is 0 Å². The predicted octanol–water partition coefficient (Wildman–Crippen LogP) is 11.1. The predicted molar refractivity (Wildman–Crippen MR) is 191 cm³/mol. The number of fused-ring (bicyclic) bond motifs is 3. The Kier molecular flexibility index (Phi) is 6.92. The van der Waals surface area contributed by atoms with Crippen molar-refractivity contribution >= 4 is 21.5 Å². The largest absolute Gasteiger partial charge is 0.208 e. The molecule has 0 aliphatic heterocycles. The molecule has 0 amide bonds. The number of aromatic nitrogens is 3. The van der Waals surface area contributed by atoms with Crippen LogP contribution in [0.5, 0.6) is 0 Å². The molecule has 0 spiro atoms. The first-order chi connectivity index (χ1) is 22.6. The molecule has 0 radical (unpaired) electrons. The number of aryl methyl sites for hydroxylation is 2. The molecule has 8 rings (SSSR count). The van der Waals surface area contributed by atoms with Crippen LogP contribution in [0, 0.1) is 13.8 Å². The number of hydrogen-bond donors (Lipinski definition) is 0. The van der Waals surface area contributed by atoms with E-state index in [0.717, 1.165) is 33.4 Å². The molecule has 218 valence electrons. The first-order valence-corrected chi connectivity index (χ1v) is 15.6. The molecule has 46 heavy (non-hydrogen) atoms. The molecule has 0 aliphatic carbocycles. The van der Waals surface area contributed by atoms with Crippen molar-refractivity contribution in [1.29, 1.82) is 0 Å². The monoisotopic (exact) mass is 589 g/mol. The molecule has 3 nitrogen and oxygen atoms in total. The Morgan fingerprint density at radius 1 is 0.326 bits per heavy atom. The van der Waals surface area contributed by atoms with Crippen LogP contribution < -0.4 is 0 Å². The Hall–Kier alpha value is -5.93. The summed E-state index contributed by atoms with van der Waals surface area (Å²) in [6, 6.07) is 53.6. The van der Waals surface area contributed by atoms with E-state index in [1.165, 1.54) is 38.2 Å². The third-order valence-corrected chi connectivity index (χ3v) is 8.63. The SMILES string of the molecule is Cc1ccc(-c2nc(-c3ccc(C)cc3)nc(-c3cc(-c4ccccc4)cc(-c4cc5ccccc5c5ccccc45)c3)n2)cc1. The Labute approximate surface area is 268 Å². The highest BCUT2D eigenvalue weighted by Crippen LogP contribution is 2.39. The van der Waals surface area contributed by atoms with E-state index in [1.807, 2.05) is 0 Å². The average molecular weight is 590 g/mol. The first kappa shape index (κ1) is 27.6. The van der Waals surface area contributed by atoms with Crippen molar-refractivity contribution in [3.05, 3.63) is 163 Å². The third kappa shape index (κ3) is 5.22. The fourth-order valence-corrected chi connectivity index (χ4v) is 6.17. The zero-order chi connectivity index (χ0) is 31.0. The molecule has 7 aromatic carbocycles. The van der Waals surface area contributed by atoms with Crippen LogP contribution in [0.4, 0.5) is 0 Å². The molecule has 8 aromatic rings. The maximum absolute atomic E-state index is 5.11. The second kappa shape index (κ2) is 11.5. The highest BCUT2D eigenvalue weighted by Gasteiger charge is 2.16. The molecule has 0 saturated carbocycles. The smallest absolute Gasteiger partial charge is 0.164 e. The van der Waals surface area contributed by atoms with Gasteiger partial charge in [-0.05, 0) is 81.9 Å². The maximum Gasteiger partial charge on any atom is 0.164 e. The van der Waals surface area contributed by atoms with Crippen LogP contribution in [0.15, 0.2) is 152 Å². The van der Waals surface area contributed by atoms with Gasteiger partial charge in [0.25, 0.3) is 0 Å². The lowest BCUT2D eigenvalue weighted by Crippen LogP contribution is -2.01. The number of benzene rings is 7. The summed E-state index contributed by atoms with van der Waals surface area (Å²) in [6.45, 7) is 4.18. The van der Waals surface area contributed by atoms with Gasteiger partial charge < -0.3 is 0 Å². The second-order valence-electron chi connectivity index (χ2n) is 11.9. The zero-order valence-corrected chi connectivity index (χ0v) is 25.8. The van der Waals surface area contributed by atoms with Crippen molar-refractivity contribution in [3.63, 3.8) is 0 Å². The average Bonchev–Trinajstić information content (AvgIpc) is 3.12. The van der Waals surface area contributed by atoms with Crippen LogP contribution >= 0.6 is 0 Å². The molecule has 1 aromatic heterocycles. The summed E-state index contributed by atoms with van der Waals surface area (Å²) in [5, 5.41) is 4.93. The van der Waals surface area contributed by atoms with Crippen LogP contribution in [0.3, 0.4) is 0 Å². The van der Waals surface area contributed by atoms with Crippen LogP contribution in [-0.4, -0.2) is 15.0 Å². The van der Waals surface area contributed by atoms with E-state index in [0.29, 0.717) is 17.5 Å². The van der Waals surface area contributed by atoms with Crippen molar-refractivity contribution in [1.82, 2.24) is 15.0 Å². The molecular weight excluding hydrogens is 558 g/mol. The third-order valence-electron chi connectivity index (χ3n) is 8.63. The molecule has 1 heterocycles. The molecule has 0 aliphatic rings. The summed E-state index contributed by atoms with van der Waals surface area (Å²) in [6.07, 6.45) is 0. The van der Waals surface area contributed by atoms with E-state index in [2.05, 4.69) is 166 Å². The highest BCUT2D eigenvalue weighted by atomic mass is 15.0. The summed E-state index contributed by atoms with van der Waals surface area (Å²) < 4.78 is 0. The number of nitrogens with zero attached hydrogens (tertiary/aromatic N) is 3. The fraction of sp³-hybridized carbons (Fsp3) is 0.0465. The van der Waals surface area contributed by atoms with Gasteiger partial charge in [0.05, 0.1) is 0 Å². The molecular formula is C43H31N3. The maximum atomic E-state index is 5.11. The van der Waals surface area contributed by atoms with Crippen LogP contribution in [0.1, 0.15) is 11.1 Å². The van der Waals surface area contributed by atoms with E-state index >= 15 is 0 Å². The molecule has 3 heteroatoms. The molecule has 0 bridgehead atoms. The summed E-state index contributed by atoms with van der Waals surface area (Å²) in [5.41, 5.74) is 9.80. The van der Waals surface area contributed by atoms with Gasteiger partial charge in [-0.15, -0.1) is 0 Å². The molecule has 0 saturated heterocycles. The minimum absolute atomic E-state index is 0.644. The van der Waals surface area contributed by atoms with Crippen molar-refractivity contribution in [2.24, 2.45) is 0 Å². The molecule has 0 N–H and O–H groups in total. The summed E-state index contributed by atoms with van der Waals surface area (Å²) in [4.78, 5) is 15.2. The Bertz CT molecular complexity index is 2290. The van der Waals surface area contributed by atoms with Gasteiger partial charge in [0.1, 0.15) is 0 Å². The molecule has 0 atom stereocenters. The van der Waals surface area contributed by atoms with Gasteiger partial charge in [0.15, 0.2) is 17.5 Å². The second-order valence-corrected chi connectivity index (χ2v) is 11.9. The normalized spacial score (nSPS) is 11.3. The first-order valence-electron chi connectivity index (χ1n) is 15.6. The van der Waals surface area contributed by atoms with Crippen molar-refractivity contribution in [2.75, 3.05) is 0 Å². The molecule has 0 unspecified atom stereocenters. The minimum atomic E-state index is 0.644.